The number of hydrogen-bond donors (Lipinski definition) is 2. The van der Waals surface area contributed by atoms with E-state index in [4.69, 9.17) is 0 Å². The molecule has 4 nitrogen and oxygen atoms in total. The molecule has 2 aromatic rings. The zero-order chi connectivity index (χ0) is 15.4. The standard InChI is InChI=1S/C17H19NO3/c1-3-11(2)16(17(20)21)18-10-14-13-7-5-4-6-12(13)8-9-15(14)19/h4-11,16,19H,3H2,1-2H3,(H,20,21)/b18-10+. The first-order valence-electron chi connectivity index (χ1n) is 7.01. The molecule has 110 valence electrons. The van der Waals surface area contributed by atoms with Crippen LogP contribution in [0.5, 0.6) is 5.75 Å². The molecule has 2 N–H and O–H groups in total. The SMILES string of the molecule is CCC(C)C(/N=C/c1c(O)ccc2ccccc12)C(=O)O. The highest BCUT2D eigenvalue weighted by Gasteiger charge is 2.21. The van der Waals surface area contributed by atoms with E-state index < -0.39 is 12.0 Å². The van der Waals surface area contributed by atoms with E-state index in [1.165, 1.54) is 6.21 Å². The summed E-state index contributed by atoms with van der Waals surface area (Å²) >= 11 is 0. The smallest absolute Gasteiger partial charge is 0.328 e. The predicted octanol–water partition coefficient (Wildman–Crippen LogP) is 3.46. The van der Waals surface area contributed by atoms with Crippen LogP contribution in [-0.2, 0) is 4.79 Å². The summed E-state index contributed by atoms with van der Waals surface area (Å²) in [6, 6.07) is 10.2. The van der Waals surface area contributed by atoms with Gasteiger partial charge in [0.15, 0.2) is 0 Å². The van der Waals surface area contributed by atoms with Gasteiger partial charge in [0, 0.05) is 11.8 Å². The molecule has 2 unspecified atom stereocenters. The summed E-state index contributed by atoms with van der Waals surface area (Å²) < 4.78 is 0. The molecule has 2 rings (SSSR count). The molecule has 0 aliphatic carbocycles. The van der Waals surface area contributed by atoms with Crippen molar-refractivity contribution in [3.8, 4) is 5.75 Å². The van der Waals surface area contributed by atoms with Gasteiger partial charge in [0.25, 0.3) is 0 Å². The lowest BCUT2D eigenvalue weighted by atomic mass is 9.99. The average molecular weight is 285 g/mol. The van der Waals surface area contributed by atoms with Gasteiger partial charge in [-0.05, 0) is 22.8 Å². The number of aliphatic carboxylic acids is 1. The minimum Gasteiger partial charge on any atom is -0.507 e. The van der Waals surface area contributed by atoms with Crippen LogP contribution in [0, 0.1) is 5.92 Å². The first-order chi connectivity index (χ1) is 10.0. The minimum atomic E-state index is -0.944. The van der Waals surface area contributed by atoms with Gasteiger partial charge in [-0.3, -0.25) is 4.99 Å². The highest BCUT2D eigenvalue weighted by molar-refractivity contribution is 6.02. The normalized spacial score (nSPS) is 14.4. The molecular formula is C17H19NO3. The number of nitrogens with zero attached hydrogens (tertiary/aromatic N) is 1. The van der Waals surface area contributed by atoms with Crippen molar-refractivity contribution in [2.24, 2.45) is 10.9 Å². The molecule has 21 heavy (non-hydrogen) atoms. The Kier molecular flexibility index (Phi) is 4.58. The molecule has 4 heteroatoms. The second-order valence-electron chi connectivity index (χ2n) is 5.17. The van der Waals surface area contributed by atoms with Crippen LogP contribution in [0.3, 0.4) is 0 Å². The van der Waals surface area contributed by atoms with Crippen molar-refractivity contribution >= 4 is 23.0 Å². The van der Waals surface area contributed by atoms with Crippen molar-refractivity contribution in [2.45, 2.75) is 26.3 Å². The van der Waals surface area contributed by atoms with Gasteiger partial charge in [-0.25, -0.2) is 4.79 Å². The van der Waals surface area contributed by atoms with Crippen molar-refractivity contribution in [1.29, 1.82) is 0 Å². The molecular weight excluding hydrogens is 266 g/mol. The van der Waals surface area contributed by atoms with Crippen LogP contribution >= 0.6 is 0 Å². The van der Waals surface area contributed by atoms with E-state index in [2.05, 4.69) is 4.99 Å². The van der Waals surface area contributed by atoms with Gasteiger partial charge in [0.1, 0.15) is 11.8 Å². The topological polar surface area (TPSA) is 69.9 Å². The van der Waals surface area contributed by atoms with Crippen molar-refractivity contribution in [1.82, 2.24) is 0 Å². The summed E-state index contributed by atoms with van der Waals surface area (Å²) in [6.07, 6.45) is 2.21. The number of carboxylic acids is 1. The third-order valence-electron chi connectivity index (χ3n) is 3.75. The highest BCUT2D eigenvalue weighted by Crippen LogP contribution is 2.26. The van der Waals surface area contributed by atoms with E-state index in [1.807, 2.05) is 44.2 Å². The molecule has 0 heterocycles. The molecule has 2 aromatic carbocycles. The number of fused-ring (bicyclic) bond motifs is 1. The lowest BCUT2D eigenvalue weighted by molar-refractivity contribution is -0.139. The fourth-order valence-electron chi connectivity index (χ4n) is 2.25. The molecule has 0 fully saturated rings. The van der Waals surface area contributed by atoms with Crippen LogP contribution in [0.25, 0.3) is 10.8 Å². The van der Waals surface area contributed by atoms with E-state index in [0.29, 0.717) is 5.56 Å². The first-order valence-corrected chi connectivity index (χ1v) is 7.01. The Morgan fingerprint density at radius 3 is 2.67 bits per heavy atom. The molecule has 0 aromatic heterocycles. The molecule has 2 atom stereocenters. The van der Waals surface area contributed by atoms with Gasteiger partial charge < -0.3 is 10.2 Å². The van der Waals surface area contributed by atoms with Crippen LogP contribution in [0.2, 0.25) is 0 Å². The van der Waals surface area contributed by atoms with Crippen LogP contribution in [0.1, 0.15) is 25.8 Å². The predicted molar refractivity (Wildman–Crippen MR) is 84.1 cm³/mol. The lowest BCUT2D eigenvalue weighted by Crippen LogP contribution is -2.25. The van der Waals surface area contributed by atoms with Gasteiger partial charge in [-0.2, -0.15) is 0 Å². The van der Waals surface area contributed by atoms with Gasteiger partial charge in [-0.1, -0.05) is 50.6 Å². The second-order valence-corrected chi connectivity index (χ2v) is 5.17. The molecule has 0 amide bonds. The Bertz CT molecular complexity index is 679. The number of phenols is 1. The van der Waals surface area contributed by atoms with E-state index in [9.17, 15) is 15.0 Å². The van der Waals surface area contributed by atoms with Crippen molar-refractivity contribution in [2.75, 3.05) is 0 Å². The quantitative estimate of drug-likeness (QED) is 0.826. The van der Waals surface area contributed by atoms with E-state index in [-0.39, 0.29) is 11.7 Å². The Hall–Kier alpha value is -2.36. The Morgan fingerprint density at radius 1 is 1.29 bits per heavy atom. The molecule has 0 spiro atoms. The van der Waals surface area contributed by atoms with Gasteiger partial charge in [0.2, 0.25) is 0 Å². The van der Waals surface area contributed by atoms with Crippen LogP contribution < -0.4 is 0 Å². The molecule has 0 bridgehead atoms. The zero-order valence-corrected chi connectivity index (χ0v) is 12.2. The zero-order valence-electron chi connectivity index (χ0n) is 12.2. The fraction of sp³-hybridized carbons (Fsp3) is 0.294. The number of carboxylic acid groups (broad SMARTS) is 1. The molecule has 0 radical (unpaired) electrons. The molecule has 0 aliphatic heterocycles. The van der Waals surface area contributed by atoms with E-state index in [0.717, 1.165) is 17.2 Å². The third-order valence-corrected chi connectivity index (χ3v) is 3.75. The Morgan fingerprint density at radius 2 is 2.00 bits per heavy atom. The summed E-state index contributed by atoms with van der Waals surface area (Å²) in [5, 5.41) is 21.1. The van der Waals surface area contributed by atoms with Crippen molar-refractivity contribution in [3.63, 3.8) is 0 Å². The van der Waals surface area contributed by atoms with Gasteiger partial charge >= 0.3 is 5.97 Å². The largest absolute Gasteiger partial charge is 0.507 e. The van der Waals surface area contributed by atoms with Crippen molar-refractivity contribution in [3.05, 3.63) is 42.0 Å². The minimum absolute atomic E-state index is 0.0594. The lowest BCUT2D eigenvalue weighted by Gasteiger charge is -2.14. The number of phenolic OH excluding ortho intramolecular Hbond substituents is 1. The Labute approximate surface area is 123 Å². The number of benzene rings is 2. The molecule has 0 aliphatic rings. The summed E-state index contributed by atoms with van der Waals surface area (Å²) in [5.74, 6) is -0.901. The number of aromatic hydroxyl groups is 1. The average Bonchev–Trinajstić information content (AvgIpc) is 2.48. The summed E-state index contributed by atoms with van der Waals surface area (Å²) in [4.78, 5) is 15.5. The summed E-state index contributed by atoms with van der Waals surface area (Å²) in [6.45, 7) is 3.80. The van der Waals surface area contributed by atoms with Crippen LogP contribution in [-0.4, -0.2) is 28.4 Å². The number of carbonyl (C=O) groups is 1. The van der Waals surface area contributed by atoms with Gasteiger partial charge in [-0.15, -0.1) is 0 Å². The maximum absolute atomic E-state index is 11.3. The number of rotatable bonds is 5. The third kappa shape index (κ3) is 3.21. The van der Waals surface area contributed by atoms with E-state index in [1.54, 1.807) is 6.07 Å². The van der Waals surface area contributed by atoms with E-state index >= 15 is 0 Å². The van der Waals surface area contributed by atoms with Crippen molar-refractivity contribution < 1.29 is 15.0 Å². The highest BCUT2D eigenvalue weighted by atomic mass is 16.4. The fourth-order valence-corrected chi connectivity index (χ4v) is 2.25. The first kappa shape index (κ1) is 15.0. The summed E-state index contributed by atoms with van der Waals surface area (Å²) in [5.41, 5.74) is 0.558. The maximum atomic E-state index is 11.3. The maximum Gasteiger partial charge on any atom is 0.328 e. The molecule has 0 saturated carbocycles. The Balaban J connectivity index is 2.44. The van der Waals surface area contributed by atoms with Crippen LogP contribution in [0.4, 0.5) is 0 Å². The number of hydrogen-bond acceptors (Lipinski definition) is 3. The monoisotopic (exact) mass is 285 g/mol. The van der Waals surface area contributed by atoms with Crippen LogP contribution in [0.15, 0.2) is 41.4 Å². The summed E-state index contributed by atoms with van der Waals surface area (Å²) in [7, 11) is 0. The van der Waals surface area contributed by atoms with Gasteiger partial charge in [0.05, 0.1) is 0 Å². The second kappa shape index (κ2) is 6.39. The number of aliphatic imine (C=N–C) groups is 1. The molecule has 0 saturated heterocycles.